The number of esters is 1. The Labute approximate surface area is 209 Å². The molecule has 0 fully saturated rings. The molecule has 0 aliphatic carbocycles. The van der Waals surface area contributed by atoms with E-state index in [4.69, 9.17) is 18.9 Å². The van der Waals surface area contributed by atoms with E-state index in [2.05, 4.69) is 5.32 Å². The summed E-state index contributed by atoms with van der Waals surface area (Å²) in [7, 11) is 4.59. The van der Waals surface area contributed by atoms with Gasteiger partial charge in [-0.3, -0.25) is 0 Å². The van der Waals surface area contributed by atoms with Gasteiger partial charge in [0.2, 0.25) is 0 Å². The van der Waals surface area contributed by atoms with E-state index >= 15 is 0 Å². The van der Waals surface area contributed by atoms with Crippen LogP contribution in [0.1, 0.15) is 20.9 Å². The Morgan fingerprint density at radius 3 is 2.40 bits per heavy atom. The summed E-state index contributed by atoms with van der Waals surface area (Å²) in [5, 5.41) is 13.5. The number of methoxy groups -OCH3 is 3. The van der Waals surface area contributed by atoms with Crippen molar-refractivity contribution in [2.45, 2.75) is 19.6 Å². The number of rotatable bonds is 12. The quantitative estimate of drug-likeness (QED) is 0.285. The number of aryl methyl sites for hydroxylation is 1. The Kier molecular flexibility index (Phi) is 9.72. The normalized spacial score (nSPS) is 12.2. The van der Waals surface area contributed by atoms with Crippen LogP contribution in [0.4, 0.5) is 0 Å². The average Bonchev–Trinajstić information content (AvgIpc) is 3.30. The smallest absolute Gasteiger partial charge is 0.338 e. The second-order valence-electron chi connectivity index (χ2n) is 7.80. The van der Waals surface area contributed by atoms with Gasteiger partial charge in [-0.1, -0.05) is 18.2 Å². The van der Waals surface area contributed by atoms with Gasteiger partial charge in [-0.2, -0.15) is 0 Å². The largest absolute Gasteiger partial charge is 0.497 e. The molecule has 8 heteroatoms. The van der Waals surface area contributed by atoms with E-state index in [9.17, 15) is 9.90 Å². The summed E-state index contributed by atoms with van der Waals surface area (Å²) >= 11 is 1.61. The first kappa shape index (κ1) is 26.3. The number of benzene rings is 2. The fourth-order valence-corrected chi connectivity index (χ4v) is 4.22. The van der Waals surface area contributed by atoms with Crippen molar-refractivity contribution in [3.8, 4) is 17.2 Å². The summed E-state index contributed by atoms with van der Waals surface area (Å²) in [4.78, 5) is 14.5. The lowest BCUT2D eigenvalue weighted by Crippen LogP contribution is -2.31. The minimum Gasteiger partial charge on any atom is -0.497 e. The molecule has 35 heavy (non-hydrogen) atoms. The van der Waals surface area contributed by atoms with Crippen LogP contribution in [-0.4, -0.2) is 51.7 Å². The lowest BCUT2D eigenvalue weighted by atomic mass is 10.1. The summed E-state index contributed by atoms with van der Waals surface area (Å²) in [6.07, 6.45) is 1.12. The van der Waals surface area contributed by atoms with Crippen LogP contribution < -0.4 is 19.5 Å². The van der Waals surface area contributed by atoms with Crippen LogP contribution in [0.25, 0.3) is 11.6 Å². The highest BCUT2D eigenvalue weighted by atomic mass is 32.1. The maximum absolute atomic E-state index is 12.3. The third-order valence-electron chi connectivity index (χ3n) is 5.25. The molecule has 3 rings (SSSR count). The van der Waals surface area contributed by atoms with Gasteiger partial charge in [0.15, 0.2) is 0 Å². The van der Waals surface area contributed by atoms with Crippen molar-refractivity contribution in [1.29, 1.82) is 0 Å². The lowest BCUT2D eigenvalue weighted by Gasteiger charge is -2.15. The second-order valence-corrected chi connectivity index (χ2v) is 9.12. The van der Waals surface area contributed by atoms with E-state index in [1.54, 1.807) is 49.8 Å². The highest BCUT2D eigenvalue weighted by Crippen LogP contribution is 2.26. The van der Waals surface area contributed by atoms with Gasteiger partial charge in [-0.25, -0.2) is 4.79 Å². The fraction of sp³-hybridized carbons (Fsp3) is 0.296. The predicted octanol–water partition coefficient (Wildman–Crippen LogP) is 4.32. The van der Waals surface area contributed by atoms with Gasteiger partial charge >= 0.3 is 5.97 Å². The molecule has 1 unspecified atom stereocenters. The van der Waals surface area contributed by atoms with Gasteiger partial charge in [0.1, 0.15) is 30.0 Å². The lowest BCUT2D eigenvalue weighted by molar-refractivity contribution is -0.133. The van der Waals surface area contributed by atoms with E-state index in [0.717, 1.165) is 27.5 Å². The average molecular weight is 498 g/mol. The molecule has 0 saturated carbocycles. The summed E-state index contributed by atoms with van der Waals surface area (Å²) in [5.74, 6) is 1.64. The first-order valence-electron chi connectivity index (χ1n) is 11.1. The van der Waals surface area contributed by atoms with E-state index < -0.39 is 12.1 Å². The molecule has 0 aliphatic rings. The van der Waals surface area contributed by atoms with Crippen molar-refractivity contribution in [3.63, 3.8) is 0 Å². The number of nitrogens with one attached hydrogen (secondary N) is 1. The molecule has 1 aromatic heterocycles. The van der Waals surface area contributed by atoms with E-state index in [1.165, 1.54) is 12.0 Å². The zero-order valence-corrected chi connectivity index (χ0v) is 21.2. The van der Waals surface area contributed by atoms with Crippen molar-refractivity contribution in [3.05, 3.63) is 75.5 Å². The number of aliphatic hydroxyl groups excluding tert-OH is 1. The molecular weight excluding hydrogens is 466 g/mol. The summed E-state index contributed by atoms with van der Waals surface area (Å²) in [6, 6.07) is 16.7. The SMILES string of the molecule is COC(=O)C(=Cc1ccc(C)s1)c1ccc(OCC(O)CNCc2ccc(OC)cc2OC)cc1. The molecule has 1 atom stereocenters. The highest BCUT2D eigenvalue weighted by Gasteiger charge is 2.14. The van der Waals surface area contributed by atoms with Gasteiger partial charge < -0.3 is 29.4 Å². The maximum Gasteiger partial charge on any atom is 0.338 e. The molecule has 0 radical (unpaired) electrons. The zero-order chi connectivity index (χ0) is 25.2. The molecule has 0 spiro atoms. The standard InChI is InChI=1S/C27H31NO6S/c1-18-5-12-24(35-18)14-25(27(30)33-4)19-6-9-22(10-7-19)34-17-21(29)16-28-15-20-8-11-23(31-2)13-26(20)32-3/h5-14,21,28-29H,15-17H2,1-4H3. The Bertz CT molecular complexity index is 1140. The molecule has 7 nitrogen and oxygen atoms in total. The molecule has 186 valence electrons. The number of hydrogen-bond donors (Lipinski definition) is 2. The highest BCUT2D eigenvalue weighted by molar-refractivity contribution is 7.12. The van der Waals surface area contributed by atoms with Crippen LogP contribution in [0.2, 0.25) is 0 Å². The maximum atomic E-state index is 12.3. The van der Waals surface area contributed by atoms with Crippen LogP contribution in [0.15, 0.2) is 54.6 Å². The molecule has 1 heterocycles. The summed E-state index contributed by atoms with van der Waals surface area (Å²) < 4.78 is 21.3. The Balaban J connectivity index is 1.53. The number of carbonyl (C=O) groups excluding carboxylic acids is 1. The van der Waals surface area contributed by atoms with Gasteiger partial charge in [-0.05, 0) is 48.9 Å². The van der Waals surface area contributed by atoms with Crippen molar-refractivity contribution < 1.29 is 28.8 Å². The van der Waals surface area contributed by atoms with Gasteiger partial charge in [0, 0.05) is 34.5 Å². The van der Waals surface area contributed by atoms with Crippen LogP contribution in [0.3, 0.4) is 0 Å². The molecule has 0 bridgehead atoms. The molecule has 2 aromatic carbocycles. The first-order valence-corrected chi connectivity index (χ1v) is 11.9. The van der Waals surface area contributed by atoms with Crippen LogP contribution in [0, 0.1) is 6.92 Å². The Morgan fingerprint density at radius 1 is 1.03 bits per heavy atom. The minimum absolute atomic E-state index is 0.125. The van der Waals surface area contributed by atoms with Crippen LogP contribution >= 0.6 is 11.3 Å². The fourth-order valence-electron chi connectivity index (χ4n) is 3.40. The van der Waals surface area contributed by atoms with E-state index in [1.807, 2.05) is 43.3 Å². The monoisotopic (exact) mass is 497 g/mol. The minimum atomic E-state index is -0.702. The topological polar surface area (TPSA) is 86.3 Å². The number of aliphatic hydroxyl groups is 1. The third-order valence-corrected chi connectivity index (χ3v) is 6.20. The molecule has 2 N–H and O–H groups in total. The van der Waals surface area contributed by atoms with Gasteiger partial charge in [-0.15, -0.1) is 11.3 Å². The Morgan fingerprint density at radius 2 is 1.77 bits per heavy atom. The predicted molar refractivity (Wildman–Crippen MR) is 138 cm³/mol. The van der Waals surface area contributed by atoms with Crippen molar-refractivity contribution in [2.24, 2.45) is 0 Å². The second kappa shape index (κ2) is 12.9. The molecule has 3 aromatic rings. The van der Waals surface area contributed by atoms with Gasteiger partial charge in [0.05, 0.1) is 26.9 Å². The molecule has 0 aliphatic heterocycles. The van der Waals surface area contributed by atoms with Gasteiger partial charge in [0.25, 0.3) is 0 Å². The zero-order valence-electron chi connectivity index (χ0n) is 20.4. The van der Waals surface area contributed by atoms with E-state index in [0.29, 0.717) is 24.4 Å². The molecule has 0 saturated heterocycles. The summed E-state index contributed by atoms with van der Waals surface area (Å²) in [5.41, 5.74) is 2.16. The number of hydrogen-bond acceptors (Lipinski definition) is 8. The van der Waals surface area contributed by atoms with Crippen LogP contribution in [-0.2, 0) is 16.1 Å². The van der Waals surface area contributed by atoms with E-state index in [-0.39, 0.29) is 6.61 Å². The Hall–Kier alpha value is -3.33. The van der Waals surface area contributed by atoms with Crippen LogP contribution in [0.5, 0.6) is 17.2 Å². The number of ether oxygens (including phenoxy) is 4. The van der Waals surface area contributed by atoms with Crippen molar-refractivity contribution >= 4 is 29.0 Å². The molecular formula is C27H31NO6S. The first-order chi connectivity index (χ1) is 16.9. The number of thiophene rings is 1. The molecule has 0 amide bonds. The summed E-state index contributed by atoms with van der Waals surface area (Å²) in [6.45, 7) is 3.03. The van der Waals surface area contributed by atoms with Crippen molar-refractivity contribution in [1.82, 2.24) is 5.32 Å². The van der Waals surface area contributed by atoms with Crippen molar-refractivity contribution in [2.75, 3.05) is 34.5 Å². The third kappa shape index (κ3) is 7.58. The number of carbonyl (C=O) groups is 1.